The Balaban J connectivity index is 2.07. The van der Waals surface area contributed by atoms with Gasteiger partial charge in [0.2, 0.25) is 5.91 Å². The predicted octanol–water partition coefficient (Wildman–Crippen LogP) is 4.86. The summed E-state index contributed by atoms with van der Waals surface area (Å²) in [5.41, 5.74) is 11.1. The summed E-state index contributed by atoms with van der Waals surface area (Å²) in [6.45, 7) is 12.0. The van der Waals surface area contributed by atoms with Crippen LogP contribution >= 0.6 is 0 Å². The van der Waals surface area contributed by atoms with Crippen LogP contribution in [0.1, 0.15) is 57.7 Å². The van der Waals surface area contributed by atoms with E-state index in [1.807, 2.05) is 38.1 Å². The number of aromatic nitrogens is 1. The molecule has 38 heavy (non-hydrogen) atoms. The third-order valence-corrected chi connectivity index (χ3v) is 6.42. The Hall–Kier alpha value is -3.36. The molecular formula is C30H42N4O4. The van der Waals surface area contributed by atoms with E-state index in [0.717, 1.165) is 46.2 Å². The first-order chi connectivity index (χ1) is 18.3. The summed E-state index contributed by atoms with van der Waals surface area (Å²) in [6, 6.07) is 9.99. The molecule has 0 aliphatic rings. The van der Waals surface area contributed by atoms with Crippen molar-refractivity contribution in [3.05, 3.63) is 53.2 Å². The maximum absolute atomic E-state index is 11.9. The molecule has 0 spiro atoms. The van der Waals surface area contributed by atoms with Gasteiger partial charge in [-0.25, -0.2) is 0 Å². The van der Waals surface area contributed by atoms with Crippen molar-refractivity contribution in [1.29, 1.82) is 0 Å². The Bertz CT molecular complexity index is 1230. The standard InChI is InChI=1S/C30H42N4O4/c1-6-23-20(16-32-22(18-35)12-19(4)5)10-9-11-25(23)34-30-21(13-29(31)36)17-33-26-15-28(38-8-3)27(37-7-2)14-24(26)30/h9-11,14-15,17,19,22,32,35H,6-8,12-13,16,18H2,1-5H3,(H2,31,36)(H,33,34)/t22-/m0/s1. The van der Waals surface area contributed by atoms with Crippen LogP contribution in [-0.2, 0) is 24.2 Å². The van der Waals surface area contributed by atoms with E-state index in [4.69, 9.17) is 15.2 Å². The zero-order valence-electron chi connectivity index (χ0n) is 23.3. The molecule has 8 heteroatoms. The largest absolute Gasteiger partial charge is 0.490 e. The van der Waals surface area contributed by atoms with Gasteiger partial charge in [0.15, 0.2) is 11.5 Å². The summed E-state index contributed by atoms with van der Waals surface area (Å²) in [6.07, 6.45) is 3.46. The molecule has 1 aromatic heterocycles. The van der Waals surface area contributed by atoms with Gasteiger partial charge < -0.3 is 30.9 Å². The smallest absolute Gasteiger partial charge is 0.221 e. The molecule has 5 N–H and O–H groups in total. The first-order valence-electron chi connectivity index (χ1n) is 13.5. The van der Waals surface area contributed by atoms with Crippen LogP contribution in [-0.4, -0.2) is 41.9 Å². The molecule has 0 unspecified atom stereocenters. The van der Waals surface area contributed by atoms with Crippen molar-refractivity contribution in [3.63, 3.8) is 0 Å². The van der Waals surface area contributed by atoms with E-state index in [1.165, 1.54) is 0 Å². The molecule has 0 radical (unpaired) electrons. The number of nitrogens with zero attached hydrogens (tertiary/aromatic N) is 1. The fourth-order valence-corrected chi connectivity index (χ4v) is 4.76. The summed E-state index contributed by atoms with van der Waals surface area (Å²) in [7, 11) is 0. The topological polar surface area (TPSA) is 119 Å². The summed E-state index contributed by atoms with van der Waals surface area (Å²) >= 11 is 0. The second-order valence-corrected chi connectivity index (χ2v) is 9.80. The second kappa shape index (κ2) is 14.0. The number of hydrogen-bond donors (Lipinski definition) is 4. The summed E-state index contributed by atoms with van der Waals surface area (Å²) in [4.78, 5) is 16.5. The minimum Gasteiger partial charge on any atom is -0.490 e. The molecule has 0 aliphatic carbocycles. The second-order valence-electron chi connectivity index (χ2n) is 9.80. The molecule has 0 fully saturated rings. The summed E-state index contributed by atoms with van der Waals surface area (Å²) in [5, 5.41) is 17.8. The van der Waals surface area contributed by atoms with Gasteiger partial charge in [-0.05, 0) is 55.9 Å². The van der Waals surface area contributed by atoms with Gasteiger partial charge in [0.05, 0.1) is 37.4 Å². The normalized spacial score (nSPS) is 12.1. The number of ether oxygens (including phenoxy) is 2. The SMILES string of the molecule is CCOc1cc2ncc(CC(N)=O)c(Nc3cccc(CN[C@H](CO)CC(C)C)c3CC)c2cc1OCC. The first-order valence-corrected chi connectivity index (χ1v) is 13.5. The Morgan fingerprint density at radius 2 is 1.79 bits per heavy atom. The van der Waals surface area contributed by atoms with Gasteiger partial charge in [-0.2, -0.15) is 0 Å². The summed E-state index contributed by atoms with van der Waals surface area (Å²) in [5.74, 6) is 1.31. The zero-order chi connectivity index (χ0) is 27.7. The van der Waals surface area contributed by atoms with Crippen LogP contribution < -0.4 is 25.8 Å². The van der Waals surface area contributed by atoms with Crippen LogP contribution in [0, 0.1) is 5.92 Å². The predicted molar refractivity (Wildman–Crippen MR) is 153 cm³/mol. The van der Waals surface area contributed by atoms with Crippen molar-refractivity contribution < 1.29 is 19.4 Å². The zero-order valence-corrected chi connectivity index (χ0v) is 23.3. The number of nitrogens with one attached hydrogen (secondary N) is 2. The minimum atomic E-state index is -0.431. The van der Waals surface area contributed by atoms with Crippen molar-refractivity contribution in [1.82, 2.24) is 10.3 Å². The molecule has 206 valence electrons. The minimum absolute atomic E-state index is 0.0409. The van der Waals surface area contributed by atoms with Crippen molar-refractivity contribution in [2.45, 2.75) is 66.5 Å². The highest BCUT2D eigenvalue weighted by molar-refractivity contribution is 5.98. The Morgan fingerprint density at radius 1 is 1.08 bits per heavy atom. The number of carbonyl (C=O) groups is 1. The number of aliphatic hydroxyl groups excluding tert-OH is 1. The molecule has 2 aromatic carbocycles. The molecule has 1 atom stereocenters. The Morgan fingerprint density at radius 3 is 2.39 bits per heavy atom. The number of pyridine rings is 1. The van der Waals surface area contributed by atoms with Crippen molar-refractivity contribution in [2.24, 2.45) is 11.7 Å². The lowest BCUT2D eigenvalue weighted by Gasteiger charge is -2.22. The number of anilines is 2. The number of carbonyl (C=O) groups excluding carboxylic acids is 1. The Labute approximate surface area is 225 Å². The van der Waals surface area contributed by atoms with Gasteiger partial charge in [0.25, 0.3) is 0 Å². The number of benzene rings is 2. The van der Waals surface area contributed by atoms with Crippen molar-refractivity contribution >= 4 is 28.2 Å². The third kappa shape index (κ3) is 7.36. The average Bonchev–Trinajstić information content (AvgIpc) is 2.88. The molecule has 0 bridgehead atoms. The van der Waals surface area contributed by atoms with E-state index in [2.05, 4.69) is 42.5 Å². The molecule has 0 saturated carbocycles. The Kier molecular flexibility index (Phi) is 10.7. The summed E-state index contributed by atoms with van der Waals surface area (Å²) < 4.78 is 11.7. The molecular weight excluding hydrogens is 480 g/mol. The number of primary amides is 1. The first kappa shape index (κ1) is 29.2. The van der Waals surface area contributed by atoms with E-state index in [0.29, 0.717) is 42.7 Å². The maximum Gasteiger partial charge on any atom is 0.221 e. The molecule has 1 heterocycles. The number of fused-ring (bicyclic) bond motifs is 1. The molecule has 1 amide bonds. The van der Waals surface area contributed by atoms with E-state index < -0.39 is 5.91 Å². The lowest BCUT2D eigenvalue weighted by molar-refractivity contribution is -0.117. The van der Waals surface area contributed by atoms with E-state index in [-0.39, 0.29) is 19.1 Å². The third-order valence-electron chi connectivity index (χ3n) is 6.42. The van der Waals surface area contributed by atoms with Gasteiger partial charge in [0, 0.05) is 41.5 Å². The number of aliphatic hydroxyl groups is 1. The van der Waals surface area contributed by atoms with Crippen LogP contribution in [0.25, 0.3) is 10.9 Å². The van der Waals surface area contributed by atoms with Crippen LogP contribution in [0.15, 0.2) is 36.5 Å². The highest BCUT2D eigenvalue weighted by Gasteiger charge is 2.18. The van der Waals surface area contributed by atoms with Crippen molar-refractivity contribution in [2.75, 3.05) is 25.1 Å². The molecule has 8 nitrogen and oxygen atoms in total. The van der Waals surface area contributed by atoms with E-state index in [1.54, 1.807) is 6.20 Å². The van der Waals surface area contributed by atoms with Gasteiger partial charge >= 0.3 is 0 Å². The van der Waals surface area contributed by atoms with Gasteiger partial charge in [-0.1, -0.05) is 32.9 Å². The molecule has 0 saturated heterocycles. The van der Waals surface area contributed by atoms with Crippen LogP contribution in [0.2, 0.25) is 0 Å². The van der Waals surface area contributed by atoms with Gasteiger partial charge in [0.1, 0.15) is 0 Å². The van der Waals surface area contributed by atoms with E-state index in [9.17, 15) is 9.90 Å². The van der Waals surface area contributed by atoms with Gasteiger partial charge in [-0.15, -0.1) is 0 Å². The highest BCUT2D eigenvalue weighted by Crippen LogP contribution is 2.38. The fraction of sp³-hybridized carbons (Fsp3) is 0.467. The fourth-order valence-electron chi connectivity index (χ4n) is 4.76. The molecule has 3 rings (SSSR count). The number of nitrogens with two attached hydrogens (primary N) is 1. The van der Waals surface area contributed by atoms with Crippen LogP contribution in [0.5, 0.6) is 11.5 Å². The molecule has 0 aliphatic heterocycles. The highest BCUT2D eigenvalue weighted by atomic mass is 16.5. The number of hydrogen-bond acceptors (Lipinski definition) is 7. The van der Waals surface area contributed by atoms with Crippen LogP contribution in [0.4, 0.5) is 11.4 Å². The number of rotatable bonds is 15. The van der Waals surface area contributed by atoms with Gasteiger partial charge in [-0.3, -0.25) is 9.78 Å². The lowest BCUT2D eigenvalue weighted by atomic mass is 9.99. The molecule has 3 aromatic rings. The maximum atomic E-state index is 11.9. The monoisotopic (exact) mass is 522 g/mol. The van der Waals surface area contributed by atoms with E-state index >= 15 is 0 Å². The lowest BCUT2D eigenvalue weighted by Crippen LogP contribution is -2.33. The van der Waals surface area contributed by atoms with Crippen molar-refractivity contribution in [3.8, 4) is 11.5 Å². The average molecular weight is 523 g/mol. The van der Waals surface area contributed by atoms with Crippen LogP contribution in [0.3, 0.4) is 0 Å². The number of amides is 1. The quantitative estimate of drug-likeness (QED) is 0.225.